The van der Waals surface area contributed by atoms with Gasteiger partial charge in [0.05, 0.1) is 5.69 Å². The first-order valence-corrected chi connectivity index (χ1v) is 8.52. The van der Waals surface area contributed by atoms with Crippen molar-refractivity contribution in [3.63, 3.8) is 0 Å². The average Bonchev–Trinajstić information content (AvgIpc) is 3.23. The molecule has 1 fully saturated rings. The summed E-state index contributed by atoms with van der Waals surface area (Å²) >= 11 is 0. The number of para-hydroxylation sites is 1. The largest absolute Gasteiger partial charge is 0.352 e. The molecule has 0 saturated carbocycles. The third-order valence-electron chi connectivity index (χ3n) is 4.89. The first-order chi connectivity index (χ1) is 11.9. The van der Waals surface area contributed by atoms with Gasteiger partial charge < -0.3 is 14.9 Å². The number of aromatic nitrogens is 4. The van der Waals surface area contributed by atoms with Crippen molar-refractivity contribution in [1.82, 2.24) is 24.8 Å². The zero-order valence-corrected chi connectivity index (χ0v) is 13.4. The summed E-state index contributed by atoms with van der Waals surface area (Å²) in [5.74, 6) is 0.992. The molecule has 5 rings (SSSR count). The lowest BCUT2D eigenvalue weighted by Crippen LogP contribution is -2.29. The number of hydrogen-bond acceptors (Lipinski definition) is 3. The maximum Gasteiger partial charge on any atom is 0.160 e. The molecule has 0 aliphatic carbocycles. The van der Waals surface area contributed by atoms with Crippen LogP contribution < -0.4 is 5.32 Å². The van der Waals surface area contributed by atoms with E-state index in [1.165, 1.54) is 5.39 Å². The number of hydrogen-bond donors (Lipinski definition) is 2. The highest BCUT2D eigenvalue weighted by Crippen LogP contribution is 2.32. The number of aromatic amines is 1. The van der Waals surface area contributed by atoms with Gasteiger partial charge in [-0.15, -0.1) is 0 Å². The highest BCUT2D eigenvalue weighted by molar-refractivity contribution is 5.86. The van der Waals surface area contributed by atoms with Crippen molar-refractivity contribution in [3.05, 3.63) is 48.7 Å². The number of nitrogens with one attached hydrogen (secondary N) is 2. The Morgan fingerprint density at radius 1 is 1.04 bits per heavy atom. The zero-order valence-electron chi connectivity index (χ0n) is 13.4. The number of pyridine rings is 1. The van der Waals surface area contributed by atoms with Crippen LogP contribution in [0.3, 0.4) is 0 Å². The van der Waals surface area contributed by atoms with E-state index in [1.54, 1.807) is 0 Å². The van der Waals surface area contributed by atoms with Crippen LogP contribution in [0.15, 0.2) is 48.7 Å². The van der Waals surface area contributed by atoms with Gasteiger partial charge in [0, 0.05) is 23.1 Å². The van der Waals surface area contributed by atoms with Crippen LogP contribution in [-0.2, 0) is 0 Å². The number of imidazole rings is 1. The second-order valence-corrected chi connectivity index (χ2v) is 6.40. The van der Waals surface area contributed by atoms with Crippen molar-refractivity contribution >= 4 is 22.1 Å². The molecule has 0 atom stereocenters. The van der Waals surface area contributed by atoms with Crippen molar-refractivity contribution < 1.29 is 0 Å². The fourth-order valence-corrected chi connectivity index (χ4v) is 3.72. The van der Waals surface area contributed by atoms with Gasteiger partial charge in [-0.3, -0.25) is 0 Å². The minimum Gasteiger partial charge on any atom is -0.352 e. The fraction of sp³-hybridized carbons (Fsp3) is 0.263. The SMILES string of the molecule is c1ccc2[nH]c(-c3nc4cccnc4n3C3CCNCC3)cc2c1. The van der Waals surface area contributed by atoms with Gasteiger partial charge in [-0.05, 0) is 50.2 Å². The molecule has 0 bridgehead atoms. The van der Waals surface area contributed by atoms with Crippen LogP contribution >= 0.6 is 0 Å². The molecule has 4 aromatic rings. The summed E-state index contributed by atoms with van der Waals surface area (Å²) in [6.45, 7) is 2.09. The monoisotopic (exact) mass is 317 g/mol. The van der Waals surface area contributed by atoms with Crippen molar-refractivity contribution in [2.24, 2.45) is 0 Å². The van der Waals surface area contributed by atoms with Gasteiger partial charge in [0.2, 0.25) is 0 Å². The predicted octanol–water partition coefficient (Wildman–Crippen LogP) is 3.50. The number of fused-ring (bicyclic) bond motifs is 2. The minimum absolute atomic E-state index is 0.438. The standard InChI is InChI=1S/C19H19N5/c1-2-5-15-13(4-1)12-17(22-15)19-23-16-6-3-9-21-18(16)24(19)14-7-10-20-11-8-14/h1-6,9,12,14,20,22H,7-8,10-11H2. The Bertz CT molecular complexity index is 974. The van der Waals surface area contributed by atoms with Crippen molar-refractivity contribution in [2.45, 2.75) is 18.9 Å². The van der Waals surface area contributed by atoms with Crippen molar-refractivity contribution in [3.8, 4) is 11.5 Å². The van der Waals surface area contributed by atoms with E-state index in [0.29, 0.717) is 6.04 Å². The normalized spacial score (nSPS) is 16.2. The Labute approximate surface area is 139 Å². The molecule has 5 heteroatoms. The molecule has 0 spiro atoms. The Hall–Kier alpha value is -2.66. The molecular formula is C19H19N5. The summed E-state index contributed by atoms with van der Waals surface area (Å²) in [4.78, 5) is 13.1. The van der Waals surface area contributed by atoms with E-state index >= 15 is 0 Å². The third-order valence-corrected chi connectivity index (χ3v) is 4.89. The average molecular weight is 317 g/mol. The number of piperidine rings is 1. The zero-order chi connectivity index (χ0) is 15.9. The number of benzene rings is 1. The predicted molar refractivity (Wildman–Crippen MR) is 96.0 cm³/mol. The Kier molecular flexibility index (Phi) is 3.13. The van der Waals surface area contributed by atoms with Gasteiger partial charge in [0.25, 0.3) is 0 Å². The van der Waals surface area contributed by atoms with Crippen LogP contribution in [0, 0.1) is 0 Å². The summed E-state index contributed by atoms with van der Waals surface area (Å²) in [5.41, 5.74) is 4.15. The molecule has 2 N–H and O–H groups in total. The first kappa shape index (κ1) is 13.7. The Balaban J connectivity index is 1.74. The van der Waals surface area contributed by atoms with Crippen LogP contribution in [0.4, 0.5) is 0 Å². The third kappa shape index (κ3) is 2.12. The summed E-state index contributed by atoms with van der Waals surface area (Å²) in [6.07, 6.45) is 4.07. The van der Waals surface area contributed by atoms with Gasteiger partial charge in [0.1, 0.15) is 5.52 Å². The quantitative estimate of drug-likeness (QED) is 0.595. The molecule has 1 aromatic carbocycles. The van der Waals surface area contributed by atoms with E-state index in [1.807, 2.05) is 18.3 Å². The molecule has 5 nitrogen and oxygen atoms in total. The lowest BCUT2D eigenvalue weighted by atomic mass is 10.1. The number of H-pyrrole nitrogens is 1. The van der Waals surface area contributed by atoms with Crippen LogP contribution in [-0.4, -0.2) is 32.6 Å². The topological polar surface area (TPSA) is 58.5 Å². The highest BCUT2D eigenvalue weighted by Gasteiger charge is 2.23. The van der Waals surface area contributed by atoms with Crippen LogP contribution in [0.2, 0.25) is 0 Å². The van der Waals surface area contributed by atoms with E-state index in [-0.39, 0.29) is 0 Å². The molecule has 24 heavy (non-hydrogen) atoms. The van der Waals surface area contributed by atoms with Gasteiger partial charge in [0.15, 0.2) is 11.5 Å². The summed E-state index contributed by atoms with van der Waals surface area (Å²) in [5, 5.41) is 4.66. The van der Waals surface area contributed by atoms with E-state index in [4.69, 9.17) is 4.98 Å². The van der Waals surface area contributed by atoms with Crippen LogP contribution in [0.1, 0.15) is 18.9 Å². The second-order valence-electron chi connectivity index (χ2n) is 6.40. The lowest BCUT2D eigenvalue weighted by molar-refractivity contribution is 0.376. The molecule has 1 aliphatic rings. The van der Waals surface area contributed by atoms with Gasteiger partial charge in [-0.25, -0.2) is 9.97 Å². The molecule has 120 valence electrons. The smallest absolute Gasteiger partial charge is 0.160 e. The molecule has 0 radical (unpaired) electrons. The molecule has 1 aliphatic heterocycles. The van der Waals surface area contributed by atoms with Crippen molar-refractivity contribution in [1.29, 1.82) is 0 Å². The van der Waals surface area contributed by atoms with Gasteiger partial charge in [-0.2, -0.15) is 0 Å². The number of rotatable bonds is 2. The van der Waals surface area contributed by atoms with Crippen molar-refractivity contribution in [2.75, 3.05) is 13.1 Å². The van der Waals surface area contributed by atoms with E-state index in [9.17, 15) is 0 Å². The molecular weight excluding hydrogens is 298 g/mol. The van der Waals surface area contributed by atoms with E-state index < -0.39 is 0 Å². The molecule has 0 unspecified atom stereocenters. The first-order valence-electron chi connectivity index (χ1n) is 8.52. The minimum atomic E-state index is 0.438. The fourth-order valence-electron chi connectivity index (χ4n) is 3.72. The Morgan fingerprint density at radius 2 is 1.92 bits per heavy atom. The van der Waals surface area contributed by atoms with Gasteiger partial charge >= 0.3 is 0 Å². The second kappa shape index (κ2) is 5.46. The maximum absolute atomic E-state index is 4.90. The van der Waals surface area contributed by atoms with Crippen LogP contribution in [0.5, 0.6) is 0 Å². The number of nitrogens with zero attached hydrogens (tertiary/aromatic N) is 3. The Morgan fingerprint density at radius 3 is 2.79 bits per heavy atom. The summed E-state index contributed by atoms with van der Waals surface area (Å²) < 4.78 is 2.33. The van der Waals surface area contributed by atoms with E-state index in [2.05, 4.69) is 50.2 Å². The molecule has 3 aromatic heterocycles. The summed E-state index contributed by atoms with van der Waals surface area (Å²) in [7, 11) is 0. The molecule has 1 saturated heterocycles. The van der Waals surface area contributed by atoms with Crippen LogP contribution in [0.25, 0.3) is 33.6 Å². The highest BCUT2D eigenvalue weighted by atomic mass is 15.2. The lowest BCUT2D eigenvalue weighted by Gasteiger charge is -2.25. The van der Waals surface area contributed by atoms with E-state index in [0.717, 1.165) is 54.1 Å². The molecule has 4 heterocycles. The van der Waals surface area contributed by atoms with Gasteiger partial charge in [-0.1, -0.05) is 18.2 Å². The summed E-state index contributed by atoms with van der Waals surface area (Å²) in [6, 6.07) is 15.0. The molecule has 0 amide bonds. The maximum atomic E-state index is 4.90.